The Labute approximate surface area is 181 Å². The van der Waals surface area contributed by atoms with Gasteiger partial charge in [0.25, 0.3) is 0 Å². The third-order valence-corrected chi connectivity index (χ3v) is 4.27. The molecule has 0 amide bonds. The summed E-state index contributed by atoms with van der Waals surface area (Å²) in [5.41, 5.74) is 0. The molecule has 178 valence electrons. The van der Waals surface area contributed by atoms with Gasteiger partial charge in [-0.3, -0.25) is 38.7 Å². The van der Waals surface area contributed by atoms with Gasteiger partial charge in [0.05, 0.1) is 32.7 Å². The minimum Gasteiger partial charge on any atom is -0.480 e. The molecule has 0 bridgehead atoms. The molecule has 12 nitrogen and oxygen atoms in total. The van der Waals surface area contributed by atoms with Crippen molar-refractivity contribution in [3.05, 3.63) is 0 Å². The van der Waals surface area contributed by atoms with E-state index in [0.717, 1.165) is 0 Å². The first-order valence-electron chi connectivity index (χ1n) is 10.0. The van der Waals surface area contributed by atoms with Crippen LogP contribution in [0.25, 0.3) is 0 Å². The smallest absolute Gasteiger partial charge is 0.317 e. The highest BCUT2D eigenvalue weighted by atomic mass is 16.4. The molecule has 12 heteroatoms. The van der Waals surface area contributed by atoms with Gasteiger partial charge in [-0.2, -0.15) is 0 Å². The van der Waals surface area contributed by atoms with E-state index in [2.05, 4.69) is 5.32 Å². The molecule has 0 aromatic rings. The van der Waals surface area contributed by atoms with Crippen molar-refractivity contribution >= 4 is 29.5 Å². The number of carboxylic acid groups (broad SMARTS) is 3. The van der Waals surface area contributed by atoms with Gasteiger partial charge in [-0.15, -0.1) is 0 Å². The Morgan fingerprint density at radius 2 is 1.10 bits per heavy atom. The third kappa shape index (κ3) is 17.0. The second kappa shape index (κ2) is 16.3. The van der Waals surface area contributed by atoms with Gasteiger partial charge in [0.1, 0.15) is 11.6 Å². The van der Waals surface area contributed by atoms with Crippen molar-refractivity contribution in [2.75, 3.05) is 72.5 Å². The molecular weight excluding hydrogens is 412 g/mol. The van der Waals surface area contributed by atoms with Crippen molar-refractivity contribution in [1.82, 2.24) is 20.0 Å². The summed E-state index contributed by atoms with van der Waals surface area (Å²) in [4.78, 5) is 61.1. The predicted octanol–water partition coefficient (Wildman–Crippen LogP) is -1.70. The first-order valence-corrected chi connectivity index (χ1v) is 10.0. The number of nitrogens with one attached hydrogen (secondary N) is 1. The molecular formula is C19H34N4O8. The second-order valence-corrected chi connectivity index (χ2v) is 7.33. The summed E-state index contributed by atoms with van der Waals surface area (Å²) in [6, 6.07) is 0. The Hall–Kier alpha value is -2.41. The molecule has 0 atom stereocenters. The molecule has 0 saturated heterocycles. The summed E-state index contributed by atoms with van der Waals surface area (Å²) in [5.74, 6) is -3.63. The van der Waals surface area contributed by atoms with Crippen molar-refractivity contribution in [3.8, 4) is 0 Å². The normalized spacial score (nSPS) is 11.3. The van der Waals surface area contributed by atoms with Crippen molar-refractivity contribution in [2.45, 2.75) is 19.8 Å². The first kappa shape index (κ1) is 28.6. The number of hydrogen-bond donors (Lipinski definition) is 4. The molecule has 4 N–H and O–H groups in total. The average Bonchev–Trinajstić information content (AvgIpc) is 2.61. The fourth-order valence-corrected chi connectivity index (χ4v) is 2.94. The summed E-state index contributed by atoms with van der Waals surface area (Å²) in [7, 11) is 1.78. The number of rotatable bonds is 20. The van der Waals surface area contributed by atoms with E-state index in [9.17, 15) is 24.0 Å². The van der Waals surface area contributed by atoms with Crippen LogP contribution >= 0.6 is 0 Å². The molecule has 0 fully saturated rings. The van der Waals surface area contributed by atoms with Crippen molar-refractivity contribution in [3.63, 3.8) is 0 Å². The Bertz CT molecular complexity index is 542. The number of carboxylic acids is 3. The van der Waals surface area contributed by atoms with E-state index in [4.69, 9.17) is 15.3 Å². The Balaban J connectivity index is 5.07. The van der Waals surface area contributed by atoms with Gasteiger partial charge in [-0.05, 0) is 26.9 Å². The zero-order chi connectivity index (χ0) is 23.8. The highest BCUT2D eigenvalue weighted by Gasteiger charge is 2.19. The number of aliphatic carboxylic acids is 3. The molecule has 0 radical (unpaired) electrons. The van der Waals surface area contributed by atoms with E-state index in [1.807, 2.05) is 0 Å². The number of carbonyl (C=O) groups is 5. The fourth-order valence-electron chi connectivity index (χ4n) is 2.94. The predicted molar refractivity (Wildman–Crippen MR) is 111 cm³/mol. The number of nitrogens with zero attached hydrogens (tertiary/aromatic N) is 3. The molecule has 0 aromatic carbocycles. The minimum absolute atomic E-state index is 0.0328. The Morgan fingerprint density at radius 1 is 0.677 bits per heavy atom. The van der Waals surface area contributed by atoms with Crippen LogP contribution in [0.15, 0.2) is 0 Å². The van der Waals surface area contributed by atoms with Crippen LogP contribution < -0.4 is 5.32 Å². The second-order valence-electron chi connectivity index (χ2n) is 7.33. The molecule has 0 aromatic heterocycles. The first-order chi connectivity index (χ1) is 14.5. The van der Waals surface area contributed by atoms with E-state index >= 15 is 0 Å². The highest BCUT2D eigenvalue weighted by molar-refractivity contribution is 5.80. The van der Waals surface area contributed by atoms with Gasteiger partial charge in [0, 0.05) is 32.6 Å². The standard InChI is InChI=1S/C19H34N4O8/c1-15(24)10-22(12-17(26)27)8-6-21(11-16(25)4-3-5-20-2)7-9-23(13-18(28)29)14-19(30)31/h20H,3-14H2,1-2H3,(H,26,27)(H,28,29)(H,30,31). The molecule has 0 unspecified atom stereocenters. The van der Waals surface area contributed by atoms with Crippen molar-refractivity contribution < 1.29 is 39.3 Å². The Morgan fingerprint density at radius 3 is 1.48 bits per heavy atom. The van der Waals surface area contributed by atoms with Gasteiger partial charge in [-0.25, -0.2) is 0 Å². The summed E-state index contributed by atoms with van der Waals surface area (Å²) in [5, 5.41) is 29.9. The lowest BCUT2D eigenvalue weighted by molar-refractivity contribution is -0.142. The monoisotopic (exact) mass is 446 g/mol. The van der Waals surface area contributed by atoms with Crippen LogP contribution in [0.3, 0.4) is 0 Å². The molecule has 31 heavy (non-hydrogen) atoms. The third-order valence-electron chi connectivity index (χ3n) is 4.27. The summed E-state index contributed by atoms with van der Waals surface area (Å²) < 4.78 is 0. The van der Waals surface area contributed by atoms with Gasteiger partial charge >= 0.3 is 17.9 Å². The average molecular weight is 447 g/mol. The maximum absolute atomic E-state index is 12.3. The van der Waals surface area contributed by atoms with E-state index in [0.29, 0.717) is 19.4 Å². The molecule has 0 rings (SSSR count). The lowest BCUT2D eigenvalue weighted by Crippen LogP contribution is -2.45. The fraction of sp³-hybridized carbons (Fsp3) is 0.737. The van der Waals surface area contributed by atoms with E-state index < -0.39 is 31.0 Å². The van der Waals surface area contributed by atoms with Crippen LogP contribution in [-0.4, -0.2) is 132 Å². The van der Waals surface area contributed by atoms with Gasteiger partial charge in [0.15, 0.2) is 0 Å². The maximum atomic E-state index is 12.3. The van der Waals surface area contributed by atoms with Crippen molar-refractivity contribution in [1.29, 1.82) is 0 Å². The van der Waals surface area contributed by atoms with Gasteiger partial charge in [0.2, 0.25) is 0 Å². The molecule has 0 aliphatic rings. The Kier molecular flexibility index (Phi) is 15.0. The molecule has 0 heterocycles. The summed E-state index contributed by atoms with van der Waals surface area (Å²) in [6.07, 6.45) is 1.00. The SMILES string of the molecule is CNCCCC(=O)CN(CCN(CC(C)=O)CC(=O)O)CCN(CC(=O)O)CC(=O)O. The molecule has 0 spiro atoms. The van der Waals surface area contributed by atoms with E-state index in [-0.39, 0.29) is 57.4 Å². The number of carbonyl (C=O) groups excluding carboxylic acids is 2. The van der Waals surface area contributed by atoms with Crippen LogP contribution in [0.5, 0.6) is 0 Å². The van der Waals surface area contributed by atoms with Gasteiger partial charge in [-0.1, -0.05) is 0 Å². The number of ketones is 2. The number of Topliss-reactive ketones (excluding diaryl/α,β-unsaturated/α-hetero) is 2. The lowest BCUT2D eigenvalue weighted by atomic mass is 10.2. The highest BCUT2D eigenvalue weighted by Crippen LogP contribution is 2.00. The van der Waals surface area contributed by atoms with Gasteiger partial charge < -0.3 is 20.6 Å². The summed E-state index contributed by atoms with van der Waals surface area (Å²) in [6.45, 7) is 1.65. The van der Waals surface area contributed by atoms with Crippen LogP contribution in [0.2, 0.25) is 0 Å². The zero-order valence-corrected chi connectivity index (χ0v) is 18.2. The zero-order valence-electron chi connectivity index (χ0n) is 18.2. The molecule has 0 saturated carbocycles. The van der Waals surface area contributed by atoms with E-state index in [1.54, 1.807) is 11.9 Å². The lowest BCUT2D eigenvalue weighted by Gasteiger charge is -2.28. The quantitative estimate of drug-likeness (QED) is 0.157. The minimum atomic E-state index is -1.16. The van der Waals surface area contributed by atoms with Crippen LogP contribution in [-0.2, 0) is 24.0 Å². The number of hydrogen-bond acceptors (Lipinski definition) is 9. The largest absolute Gasteiger partial charge is 0.480 e. The maximum Gasteiger partial charge on any atom is 0.317 e. The molecule has 0 aliphatic carbocycles. The molecule has 0 aliphatic heterocycles. The van der Waals surface area contributed by atoms with Crippen LogP contribution in [0, 0.1) is 0 Å². The van der Waals surface area contributed by atoms with Crippen LogP contribution in [0.1, 0.15) is 19.8 Å². The van der Waals surface area contributed by atoms with Crippen LogP contribution in [0.4, 0.5) is 0 Å². The summed E-state index contributed by atoms with van der Waals surface area (Å²) >= 11 is 0. The van der Waals surface area contributed by atoms with E-state index in [1.165, 1.54) is 16.7 Å². The topological polar surface area (TPSA) is 168 Å². The van der Waals surface area contributed by atoms with Crippen molar-refractivity contribution in [2.24, 2.45) is 0 Å².